The van der Waals surface area contributed by atoms with E-state index in [1.807, 2.05) is 29.2 Å². The Bertz CT molecular complexity index is 1080. The van der Waals surface area contributed by atoms with Crippen molar-refractivity contribution in [3.63, 3.8) is 0 Å². The van der Waals surface area contributed by atoms with Crippen molar-refractivity contribution in [2.24, 2.45) is 16.7 Å². The monoisotopic (exact) mass is 551 g/mol. The fourth-order valence-electron chi connectivity index (χ4n) is 6.47. The summed E-state index contributed by atoms with van der Waals surface area (Å²) in [4.78, 5) is 28.6. The van der Waals surface area contributed by atoms with Crippen LogP contribution in [-0.4, -0.2) is 48.4 Å². The molecule has 1 aromatic rings. The number of hydrogen-bond acceptors (Lipinski definition) is 5. The van der Waals surface area contributed by atoms with Crippen LogP contribution in [0.1, 0.15) is 71.1 Å². The van der Waals surface area contributed by atoms with Crippen LogP contribution in [0.25, 0.3) is 0 Å². The van der Waals surface area contributed by atoms with E-state index in [4.69, 9.17) is 0 Å². The molecule has 1 amide bonds. The summed E-state index contributed by atoms with van der Waals surface area (Å²) in [6.45, 7) is 2.38. The zero-order valence-corrected chi connectivity index (χ0v) is 22.2. The van der Waals surface area contributed by atoms with Crippen molar-refractivity contribution in [1.82, 2.24) is 0 Å². The second-order valence-electron chi connectivity index (χ2n) is 11.7. The van der Waals surface area contributed by atoms with Crippen LogP contribution in [0.3, 0.4) is 0 Å². The molecule has 8 heteroatoms. The number of anilines is 1. The van der Waals surface area contributed by atoms with Crippen LogP contribution in [0.2, 0.25) is 0 Å². The Balaban J connectivity index is 1.31. The number of halogens is 1. The summed E-state index contributed by atoms with van der Waals surface area (Å²) >= 11 is 3.53. The fraction of sp³-hybridized carbons (Fsp3) is 0.692. The van der Waals surface area contributed by atoms with Crippen molar-refractivity contribution in [3.05, 3.63) is 28.7 Å². The molecule has 0 spiro atoms. The number of nitrogens with zero attached hydrogens (tertiary/aromatic N) is 1. The average molecular weight is 553 g/mol. The molecule has 5 aliphatic carbocycles. The number of carbonyl (C=O) groups excluding carboxylic acids is 2. The zero-order chi connectivity index (χ0) is 24.4. The molecule has 186 valence electrons. The number of benzene rings is 1. The van der Waals surface area contributed by atoms with Crippen LogP contribution in [-0.2, 0) is 19.4 Å². The molecule has 0 heterocycles. The summed E-state index contributed by atoms with van der Waals surface area (Å²) in [5, 5.41) is 9.90. The van der Waals surface area contributed by atoms with Gasteiger partial charge in [-0.25, -0.2) is 8.42 Å². The predicted molar refractivity (Wildman–Crippen MR) is 134 cm³/mol. The maximum absolute atomic E-state index is 13.5. The van der Waals surface area contributed by atoms with Crippen LogP contribution in [0, 0.1) is 16.7 Å². The minimum atomic E-state index is -3.30. The molecule has 5 aliphatic rings. The molecule has 0 atom stereocenters. The maximum Gasteiger partial charge on any atom is 0.230 e. The van der Waals surface area contributed by atoms with E-state index in [9.17, 15) is 23.1 Å². The minimum absolute atomic E-state index is 0.0539. The van der Waals surface area contributed by atoms with E-state index in [-0.39, 0.29) is 34.0 Å². The van der Waals surface area contributed by atoms with Gasteiger partial charge in [0, 0.05) is 28.0 Å². The van der Waals surface area contributed by atoms with Crippen molar-refractivity contribution in [2.45, 2.75) is 82.0 Å². The molecule has 0 aromatic heterocycles. The SMILES string of the molecule is CC1(O)CC(C(=O)N(CC23CCC(C(=O)CS(=O)(=O)C4CC4)(CC2)CC3)c2cccc(Br)c2)C1. The Morgan fingerprint density at radius 3 is 2.24 bits per heavy atom. The number of amides is 1. The van der Waals surface area contributed by atoms with Gasteiger partial charge in [-0.15, -0.1) is 0 Å². The minimum Gasteiger partial charge on any atom is -0.390 e. The number of Topliss-reactive ketones (excluding diaryl/α,β-unsaturated/α-hetero) is 1. The first-order chi connectivity index (χ1) is 15.9. The Kier molecular flexibility index (Phi) is 6.05. The second-order valence-corrected chi connectivity index (χ2v) is 14.9. The largest absolute Gasteiger partial charge is 0.390 e. The van der Waals surface area contributed by atoms with E-state index >= 15 is 0 Å². The predicted octanol–water partition coefficient (Wildman–Crippen LogP) is 4.43. The van der Waals surface area contributed by atoms with E-state index in [1.165, 1.54) is 0 Å². The molecule has 1 N–H and O–H groups in total. The first-order valence-corrected chi connectivity index (χ1v) is 15.0. The van der Waals surface area contributed by atoms with Crippen molar-refractivity contribution in [3.8, 4) is 0 Å². The fourth-order valence-corrected chi connectivity index (χ4v) is 8.62. The van der Waals surface area contributed by atoms with Crippen molar-refractivity contribution in [1.29, 1.82) is 0 Å². The maximum atomic E-state index is 13.5. The summed E-state index contributed by atoms with van der Waals surface area (Å²) in [6, 6.07) is 7.79. The first-order valence-electron chi connectivity index (χ1n) is 12.5. The quantitative estimate of drug-likeness (QED) is 0.515. The normalized spacial score (nSPS) is 35.0. The number of fused-ring (bicyclic) bond motifs is 3. The summed E-state index contributed by atoms with van der Waals surface area (Å²) < 4.78 is 25.8. The van der Waals surface area contributed by atoms with Gasteiger partial charge in [0.2, 0.25) is 5.91 Å². The lowest BCUT2D eigenvalue weighted by Gasteiger charge is -2.54. The van der Waals surface area contributed by atoms with Gasteiger partial charge in [-0.05, 0) is 94.7 Å². The van der Waals surface area contributed by atoms with Gasteiger partial charge in [-0.1, -0.05) is 22.0 Å². The molecule has 5 saturated carbocycles. The van der Waals surface area contributed by atoms with Gasteiger partial charge in [-0.2, -0.15) is 0 Å². The van der Waals surface area contributed by atoms with Crippen LogP contribution >= 0.6 is 15.9 Å². The Morgan fingerprint density at radius 1 is 1.09 bits per heavy atom. The summed E-state index contributed by atoms with van der Waals surface area (Å²) in [7, 11) is -3.30. The van der Waals surface area contributed by atoms with Gasteiger partial charge >= 0.3 is 0 Å². The molecule has 0 saturated heterocycles. The van der Waals surface area contributed by atoms with Crippen molar-refractivity contribution < 1.29 is 23.1 Å². The van der Waals surface area contributed by atoms with Gasteiger partial charge in [-0.3, -0.25) is 9.59 Å². The van der Waals surface area contributed by atoms with Gasteiger partial charge < -0.3 is 10.0 Å². The molecule has 2 bridgehead atoms. The highest BCUT2D eigenvalue weighted by molar-refractivity contribution is 9.10. The lowest BCUT2D eigenvalue weighted by atomic mass is 9.52. The third-order valence-electron chi connectivity index (χ3n) is 8.96. The van der Waals surface area contributed by atoms with Gasteiger partial charge in [0.25, 0.3) is 0 Å². The van der Waals surface area contributed by atoms with Crippen LogP contribution in [0.5, 0.6) is 0 Å². The molecule has 0 radical (unpaired) electrons. The van der Waals surface area contributed by atoms with Crippen molar-refractivity contribution in [2.75, 3.05) is 17.2 Å². The van der Waals surface area contributed by atoms with E-state index in [0.29, 0.717) is 51.5 Å². The number of aliphatic hydroxyl groups is 1. The Morgan fingerprint density at radius 2 is 1.71 bits per heavy atom. The number of ketones is 1. The van der Waals surface area contributed by atoms with Crippen LogP contribution < -0.4 is 4.90 Å². The highest BCUT2D eigenvalue weighted by Crippen LogP contribution is 2.58. The Labute approximate surface area is 210 Å². The molecule has 5 fully saturated rings. The highest BCUT2D eigenvalue weighted by Gasteiger charge is 2.54. The molecule has 34 heavy (non-hydrogen) atoms. The lowest BCUT2D eigenvalue weighted by molar-refractivity contribution is -0.139. The van der Waals surface area contributed by atoms with Crippen LogP contribution in [0.4, 0.5) is 5.69 Å². The summed E-state index contributed by atoms with van der Waals surface area (Å²) in [5.74, 6) is -0.488. The molecule has 6 rings (SSSR count). The molecule has 6 nitrogen and oxygen atoms in total. The lowest BCUT2D eigenvalue weighted by Crippen LogP contribution is -2.55. The molecule has 0 unspecified atom stereocenters. The topological polar surface area (TPSA) is 91.8 Å². The van der Waals surface area contributed by atoms with E-state index in [2.05, 4.69) is 15.9 Å². The number of rotatable bonds is 8. The number of carbonyl (C=O) groups is 2. The molecule has 0 aliphatic heterocycles. The standard InChI is InChI=1S/C26H34BrNO5S/c1-24(31)14-18(15-24)23(30)28(20-4-2-3-19(27)13-20)17-25-7-10-26(11-8-25,12-9-25)22(29)16-34(32,33)21-5-6-21/h2-4,13,18,21,31H,5-12,14-17H2,1H3. The molecule has 1 aromatic carbocycles. The number of hydrogen-bond donors (Lipinski definition) is 1. The van der Waals surface area contributed by atoms with Crippen LogP contribution in [0.15, 0.2) is 28.7 Å². The second kappa shape index (κ2) is 8.41. The number of sulfone groups is 1. The van der Waals surface area contributed by atoms with E-state index < -0.39 is 20.9 Å². The van der Waals surface area contributed by atoms with E-state index in [0.717, 1.165) is 29.4 Å². The summed E-state index contributed by atoms with van der Waals surface area (Å²) in [5.41, 5.74) is -0.463. The van der Waals surface area contributed by atoms with Crippen molar-refractivity contribution >= 4 is 43.1 Å². The Hall–Kier alpha value is -1.25. The van der Waals surface area contributed by atoms with Gasteiger partial charge in [0.05, 0.1) is 10.9 Å². The van der Waals surface area contributed by atoms with E-state index in [1.54, 1.807) is 6.92 Å². The smallest absolute Gasteiger partial charge is 0.230 e. The van der Waals surface area contributed by atoms with Gasteiger partial charge in [0.1, 0.15) is 5.75 Å². The molecular weight excluding hydrogens is 518 g/mol. The zero-order valence-electron chi connectivity index (χ0n) is 19.8. The average Bonchev–Trinajstić information content (AvgIpc) is 3.63. The highest BCUT2D eigenvalue weighted by atomic mass is 79.9. The summed E-state index contributed by atoms with van der Waals surface area (Å²) in [6.07, 6.45) is 7.00. The third-order valence-corrected chi connectivity index (χ3v) is 11.6. The first kappa shape index (κ1) is 24.4. The van der Waals surface area contributed by atoms with Gasteiger partial charge in [0.15, 0.2) is 15.6 Å². The molecular formula is C26H34BrNO5S. The third kappa shape index (κ3) is 4.62.